The van der Waals surface area contributed by atoms with Crippen LogP contribution in [-0.2, 0) is 6.42 Å². The van der Waals surface area contributed by atoms with E-state index in [2.05, 4.69) is 15.1 Å². The van der Waals surface area contributed by atoms with E-state index in [0.717, 1.165) is 27.6 Å². The van der Waals surface area contributed by atoms with Crippen molar-refractivity contribution >= 4 is 22.9 Å². The minimum absolute atomic E-state index is 0.478. The molecule has 0 unspecified atom stereocenters. The lowest BCUT2D eigenvalue weighted by Gasteiger charge is -2.01. The van der Waals surface area contributed by atoms with Crippen LogP contribution in [0.4, 0.5) is 0 Å². The Labute approximate surface area is 159 Å². The number of aromatic nitrogens is 3. The van der Waals surface area contributed by atoms with E-state index in [0.29, 0.717) is 23.2 Å². The van der Waals surface area contributed by atoms with Gasteiger partial charge >= 0.3 is 0 Å². The highest BCUT2D eigenvalue weighted by molar-refractivity contribution is 7.10. The molecule has 0 aliphatic rings. The lowest BCUT2D eigenvalue weighted by atomic mass is 10.2. The van der Waals surface area contributed by atoms with Gasteiger partial charge in [-0.15, -0.1) is 11.3 Å². The van der Waals surface area contributed by atoms with Gasteiger partial charge in [-0.2, -0.15) is 4.98 Å². The fourth-order valence-electron chi connectivity index (χ4n) is 2.52. The molecule has 130 valence electrons. The van der Waals surface area contributed by atoms with E-state index in [4.69, 9.17) is 20.9 Å². The molecule has 0 spiro atoms. The Morgan fingerprint density at radius 3 is 2.85 bits per heavy atom. The zero-order valence-electron chi connectivity index (χ0n) is 13.8. The molecule has 0 saturated heterocycles. The van der Waals surface area contributed by atoms with Gasteiger partial charge in [0.15, 0.2) is 0 Å². The van der Waals surface area contributed by atoms with Crippen LogP contribution in [0.5, 0.6) is 5.75 Å². The monoisotopic (exact) mass is 383 g/mol. The summed E-state index contributed by atoms with van der Waals surface area (Å²) in [5.41, 5.74) is 2.66. The van der Waals surface area contributed by atoms with Gasteiger partial charge in [0.05, 0.1) is 24.2 Å². The van der Waals surface area contributed by atoms with Gasteiger partial charge in [-0.05, 0) is 24.3 Å². The van der Waals surface area contributed by atoms with Gasteiger partial charge in [-0.25, -0.2) is 4.98 Å². The van der Waals surface area contributed by atoms with Crippen molar-refractivity contribution in [3.8, 4) is 28.4 Å². The molecule has 0 atom stereocenters. The predicted molar refractivity (Wildman–Crippen MR) is 102 cm³/mol. The van der Waals surface area contributed by atoms with Crippen LogP contribution < -0.4 is 4.74 Å². The highest BCUT2D eigenvalue weighted by Crippen LogP contribution is 2.28. The van der Waals surface area contributed by atoms with Crippen LogP contribution in [-0.4, -0.2) is 22.2 Å². The second-order valence-corrected chi connectivity index (χ2v) is 6.88. The Hall–Kier alpha value is -2.70. The van der Waals surface area contributed by atoms with Crippen LogP contribution >= 0.6 is 22.9 Å². The van der Waals surface area contributed by atoms with Crippen LogP contribution in [0.25, 0.3) is 22.6 Å². The third-order valence-electron chi connectivity index (χ3n) is 3.80. The topological polar surface area (TPSA) is 61.0 Å². The summed E-state index contributed by atoms with van der Waals surface area (Å²) in [6, 6.07) is 15.2. The third-order valence-corrected chi connectivity index (χ3v) is 4.98. The number of thiazole rings is 1. The standard InChI is InChI=1S/C19H14ClN3O2S/c1-24-13-6-4-5-12(9-13)16-11-26-18(21-16)10-17-22-19(23-25-17)14-7-2-3-8-15(14)20/h2-9,11H,10H2,1H3. The molecule has 0 bridgehead atoms. The Bertz CT molecular complexity index is 1040. The molecule has 0 aliphatic carbocycles. The van der Waals surface area contributed by atoms with Crippen molar-refractivity contribution in [2.45, 2.75) is 6.42 Å². The number of methoxy groups -OCH3 is 1. The maximum Gasteiger partial charge on any atom is 0.233 e. The molecule has 0 saturated carbocycles. The number of hydrogen-bond acceptors (Lipinski definition) is 6. The van der Waals surface area contributed by atoms with E-state index >= 15 is 0 Å². The number of hydrogen-bond donors (Lipinski definition) is 0. The summed E-state index contributed by atoms with van der Waals surface area (Å²) in [4.78, 5) is 9.09. The molecule has 2 heterocycles. The number of halogens is 1. The van der Waals surface area contributed by atoms with Crippen molar-refractivity contribution in [3.05, 3.63) is 69.8 Å². The van der Waals surface area contributed by atoms with Crippen molar-refractivity contribution in [1.29, 1.82) is 0 Å². The molecule has 2 aromatic heterocycles. The second-order valence-electron chi connectivity index (χ2n) is 5.53. The molecule has 0 fully saturated rings. The van der Waals surface area contributed by atoms with Gasteiger partial charge in [0.25, 0.3) is 0 Å². The van der Waals surface area contributed by atoms with Crippen molar-refractivity contribution in [2.75, 3.05) is 7.11 Å². The van der Waals surface area contributed by atoms with Gasteiger partial charge in [0, 0.05) is 16.5 Å². The minimum atomic E-state index is 0.478. The van der Waals surface area contributed by atoms with Crippen LogP contribution in [0.2, 0.25) is 5.02 Å². The summed E-state index contributed by atoms with van der Waals surface area (Å²) in [7, 11) is 1.65. The predicted octanol–water partition coefficient (Wildman–Crippen LogP) is 5.11. The molecule has 0 aliphatic heterocycles. The lowest BCUT2D eigenvalue weighted by Crippen LogP contribution is -1.89. The largest absolute Gasteiger partial charge is 0.497 e. The van der Waals surface area contributed by atoms with Gasteiger partial charge < -0.3 is 9.26 Å². The second kappa shape index (κ2) is 7.27. The van der Waals surface area contributed by atoms with Crippen molar-refractivity contribution in [3.63, 3.8) is 0 Å². The number of rotatable bonds is 5. The van der Waals surface area contributed by atoms with E-state index < -0.39 is 0 Å². The molecular formula is C19H14ClN3O2S. The molecule has 5 nitrogen and oxygen atoms in total. The van der Waals surface area contributed by atoms with Gasteiger partial charge in [0.1, 0.15) is 10.8 Å². The molecular weight excluding hydrogens is 370 g/mol. The highest BCUT2D eigenvalue weighted by Gasteiger charge is 2.14. The summed E-state index contributed by atoms with van der Waals surface area (Å²) in [5, 5.41) is 7.52. The summed E-state index contributed by atoms with van der Waals surface area (Å²) in [5.74, 6) is 1.79. The van der Waals surface area contributed by atoms with Crippen molar-refractivity contribution in [1.82, 2.24) is 15.1 Å². The first kappa shape index (κ1) is 16.8. The molecule has 26 heavy (non-hydrogen) atoms. The minimum Gasteiger partial charge on any atom is -0.497 e. The third kappa shape index (κ3) is 3.47. The fourth-order valence-corrected chi connectivity index (χ4v) is 3.53. The Kier molecular flexibility index (Phi) is 4.69. The first-order chi connectivity index (χ1) is 12.7. The Balaban J connectivity index is 1.54. The molecule has 2 aromatic carbocycles. The summed E-state index contributed by atoms with van der Waals surface area (Å²) in [6.45, 7) is 0. The van der Waals surface area contributed by atoms with Gasteiger partial charge in [0.2, 0.25) is 11.7 Å². The normalized spacial score (nSPS) is 10.8. The van der Waals surface area contributed by atoms with Crippen LogP contribution in [0, 0.1) is 0 Å². The van der Waals surface area contributed by atoms with Crippen LogP contribution in [0.15, 0.2) is 58.4 Å². The van der Waals surface area contributed by atoms with Crippen LogP contribution in [0.3, 0.4) is 0 Å². The zero-order chi connectivity index (χ0) is 17.9. The zero-order valence-corrected chi connectivity index (χ0v) is 15.4. The van der Waals surface area contributed by atoms with Crippen molar-refractivity contribution < 1.29 is 9.26 Å². The maximum atomic E-state index is 6.18. The molecule has 4 rings (SSSR count). The average molecular weight is 384 g/mol. The van der Waals surface area contributed by atoms with E-state index in [1.807, 2.05) is 47.8 Å². The highest BCUT2D eigenvalue weighted by atomic mass is 35.5. The SMILES string of the molecule is COc1cccc(-c2csc(Cc3nc(-c4ccccc4Cl)no3)n2)c1. The first-order valence-electron chi connectivity index (χ1n) is 7.89. The lowest BCUT2D eigenvalue weighted by molar-refractivity contribution is 0.385. The van der Waals surface area contributed by atoms with E-state index in [9.17, 15) is 0 Å². The Morgan fingerprint density at radius 2 is 2.00 bits per heavy atom. The molecule has 7 heteroatoms. The quantitative estimate of drug-likeness (QED) is 0.479. The van der Waals surface area contributed by atoms with Crippen molar-refractivity contribution in [2.24, 2.45) is 0 Å². The maximum absolute atomic E-state index is 6.18. The Morgan fingerprint density at radius 1 is 1.12 bits per heavy atom. The average Bonchev–Trinajstić information content (AvgIpc) is 3.32. The van der Waals surface area contributed by atoms with E-state index in [-0.39, 0.29) is 0 Å². The molecule has 4 aromatic rings. The van der Waals surface area contributed by atoms with E-state index in [1.54, 1.807) is 24.5 Å². The summed E-state index contributed by atoms with van der Waals surface area (Å²) in [6.07, 6.45) is 0.478. The number of benzene rings is 2. The smallest absolute Gasteiger partial charge is 0.233 e. The number of nitrogens with zero attached hydrogens (tertiary/aromatic N) is 3. The first-order valence-corrected chi connectivity index (χ1v) is 9.15. The van der Waals surface area contributed by atoms with Gasteiger partial charge in [-0.1, -0.05) is 41.0 Å². The summed E-state index contributed by atoms with van der Waals surface area (Å²) >= 11 is 7.74. The van der Waals surface area contributed by atoms with E-state index in [1.165, 1.54) is 0 Å². The molecule has 0 N–H and O–H groups in total. The fraction of sp³-hybridized carbons (Fsp3) is 0.105. The number of ether oxygens (including phenoxy) is 1. The molecule has 0 radical (unpaired) electrons. The van der Waals surface area contributed by atoms with Gasteiger partial charge in [-0.3, -0.25) is 0 Å². The molecule has 0 amide bonds. The van der Waals surface area contributed by atoms with Crippen LogP contribution in [0.1, 0.15) is 10.9 Å². The summed E-state index contributed by atoms with van der Waals surface area (Å²) < 4.78 is 10.6.